The zero-order chi connectivity index (χ0) is 14.0. The summed E-state index contributed by atoms with van der Waals surface area (Å²) in [5.41, 5.74) is 4.11. The molecule has 1 aliphatic heterocycles. The van der Waals surface area contributed by atoms with Crippen LogP contribution in [0.2, 0.25) is 0 Å². The molecule has 0 radical (unpaired) electrons. The zero-order valence-corrected chi connectivity index (χ0v) is 12.5. The van der Waals surface area contributed by atoms with Crippen LogP contribution in [0, 0.1) is 13.8 Å². The highest BCUT2D eigenvalue weighted by molar-refractivity contribution is 5.57. The van der Waals surface area contributed by atoms with Gasteiger partial charge in [0.25, 0.3) is 0 Å². The van der Waals surface area contributed by atoms with Crippen LogP contribution < -0.4 is 10.2 Å². The number of rotatable bonds is 3. The number of hydrogen-bond acceptors (Lipinski definition) is 3. The van der Waals surface area contributed by atoms with Gasteiger partial charge in [-0.25, -0.2) is 0 Å². The molecule has 0 amide bonds. The molecule has 2 N–H and O–H groups in total. The summed E-state index contributed by atoms with van der Waals surface area (Å²) in [7, 11) is 0. The van der Waals surface area contributed by atoms with Crippen LogP contribution in [0.5, 0.6) is 0 Å². The van der Waals surface area contributed by atoms with E-state index in [0.717, 1.165) is 19.5 Å². The number of aliphatic hydroxyl groups excluding tert-OH is 1. The molecule has 1 aromatic carbocycles. The summed E-state index contributed by atoms with van der Waals surface area (Å²) < 4.78 is 0. The fraction of sp³-hybridized carbons (Fsp3) is 0.625. The molecule has 106 valence electrons. The van der Waals surface area contributed by atoms with Gasteiger partial charge in [0, 0.05) is 37.0 Å². The average Bonchev–Trinajstić information content (AvgIpc) is 2.35. The first-order valence-electron chi connectivity index (χ1n) is 7.13. The Morgan fingerprint density at radius 2 is 2.11 bits per heavy atom. The highest BCUT2D eigenvalue weighted by Gasteiger charge is 2.32. The highest BCUT2D eigenvalue weighted by atomic mass is 16.3. The van der Waals surface area contributed by atoms with Crippen LogP contribution in [0.1, 0.15) is 31.4 Å². The Labute approximate surface area is 116 Å². The first-order chi connectivity index (χ1) is 8.94. The molecule has 0 aliphatic carbocycles. The molecule has 19 heavy (non-hydrogen) atoms. The van der Waals surface area contributed by atoms with E-state index in [9.17, 15) is 5.11 Å². The van der Waals surface area contributed by atoms with Crippen molar-refractivity contribution in [1.29, 1.82) is 0 Å². The second-order valence-corrected chi connectivity index (χ2v) is 6.28. The van der Waals surface area contributed by atoms with Crippen molar-refractivity contribution in [3.63, 3.8) is 0 Å². The fourth-order valence-electron chi connectivity index (χ4n) is 2.85. The largest absolute Gasteiger partial charge is 0.396 e. The monoisotopic (exact) mass is 262 g/mol. The van der Waals surface area contributed by atoms with Gasteiger partial charge >= 0.3 is 0 Å². The lowest BCUT2D eigenvalue weighted by Crippen LogP contribution is -2.62. The summed E-state index contributed by atoms with van der Waals surface area (Å²) in [6.07, 6.45) is 0.816. The van der Waals surface area contributed by atoms with Crippen LogP contribution in [0.15, 0.2) is 18.2 Å². The van der Waals surface area contributed by atoms with Crippen molar-refractivity contribution in [2.45, 2.75) is 45.7 Å². The van der Waals surface area contributed by atoms with E-state index in [1.165, 1.54) is 16.8 Å². The Morgan fingerprint density at radius 1 is 1.37 bits per heavy atom. The maximum absolute atomic E-state index is 9.28. The molecule has 1 aliphatic rings. The molecule has 0 saturated carbocycles. The van der Waals surface area contributed by atoms with Gasteiger partial charge in [-0.15, -0.1) is 0 Å². The van der Waals surface area contributed by atoms with Gasteiger partial charge in [-0.1, -0.05) is 12.1 Å². The number of hydrogen-bond donors (Lipinski definition) is 2. The van der Waals surface area contributed by atoms with Gasteiger partial charge < -0.3 is 15.3 Å². The van der Waals surface area contributed by atoms with Crippen molar-refractivity contribution in [2.24, 2.45) is 0 Å². The molecule has 3 nitrogen and oxygen atoms in total. The van der Waals surface area contributed by atoms with E-state index in [2.05, 4.69) is 56.1 Å². The van der Waals surface area contributed by atoms with E-state index >= 15 is 0 Å². The molecular formula is C16H26N2O. The third kappa shape index (κ3) is 3.10. The first kappa shape index (κ1) is 14.4. The van der Waals surface area contributed by atoms with Crippen molar-refractivity contribution < 1.29 is 5.11 Å². The van der Waals surface area contributed by atoms with Gasteiger partial charge in [0.05, 0.1) is 0 Å². The van der Waals surface area contributed by atoms with Crippen molar-refractivity contribution in [3.05, 3.63) is 29.3 Å². The summed E-state index contributed by atoms with van der Waals surface area (Å²) >= 11 is 0. The van der Waals surface area contributed by atoms with Gasteiger partial charge in [-0.3, -0.25) is 0 Å². The van der Waals surface area contributed by atoms with E-state index in [0.29, 0.717) is 6.04 Å². The average molecular weight is 262 g/mol. The zero-order valence-electron chi connectivity index (χ0n) is 12.5. The molecule has 0 aromatic heterocycles. The van der Waals surface area contributed by atoms with Gasteiger partial charge in [0.1, 0.15) is 0 Å². The molecule has 1 atom stereocenters. The summed E-state index contributed by atoms with van der Waals surface area (Å²) in [5, 5.41) is 12.9. The van der Waals surface area contributed by atoms with Crippen LogP contribution in [-0.2, 0) is 0 Å². The quantitative estimate of drug-likeness (QED) is 0.877. The van der Waals surface area contributed by atoms with Gasteiger partial charge in [-0.2, -0.15) is 0 Å². The normalized spacial score (nSPS) is 22.6. The Bertz CT molecular complexity index is 442. The second kappa shape index (κ2) is 5.51. The number of nitrogens with one attached hydrogen (secondary N) is 1. The van der Waals surface area contributed by atoms with E-state index in [-0.39, 0.29) is 12.1 Å². The predicted octanol–water partition coefficient (Wildman–Crippen LogP) is 2.24. The molecule has 1 aromatic rings. The SMILES string of the molecule is Cc1cccc(N2CC(C)(C)NCC2CCO)c1C. The van der Waals surface area contributed by atoms with E-state index in [1.54, 1.807) is 0 Å². The summed E-state index contributed by atoms with van der Waals surface area (Å²) in [6.45, 7) is 11.0. The molecule has 0 spiro atoms. The topological polar surface area (TPSA) is 35.5 Å². The van der Waals surface area contributed by atoms with Crippen LogP contribution in [0.3, 0.4) is 0 Å². The summed E-state index contributed by atoms with van der Waals surface area (Å²) in [6, 6.07) is 6.86. The Balaban J connectivity index is 2.33. The van der Waals surface area contributed by atoms with Crippen LogP contribution in [0.4, 0.5) is 5.69 Å². The van der Waals surface area contributed by atoms with Crippen molar-refractivity contribution in [3.8, 4) is 0 Å². The Kier molecular flexibility index (Phi) is 4.16. The molecular weight excluding hydrogens is 236 g/mol. The predicted molar refractivity (Wildman–Crippen MR) is 80.8 cm³/mol. The van der Waals surface area contributed by atoms with Gasteiger partial charge in [0.2, 0.25) is 0 Å². The van der Waals surface area contributed by atoms with Crippen LogP contribution in [0.25, 0.3) is 0 Å². The first-order valence-corrected chi connectivity index (χ1v) is 7.13. The lowest BCUT2D eigenvalue weighted by Gasteiger charge is -2.46. The Morgan fingerprint density at radius 3 is 2.79 bits per heavy atom. The van der Waals surface area contributed by atoms with Gasteiger partial charge in [0.15, 0.2) is 0 Å². The minimum atomic E-state index is 0.113. The minimum Gasteiger partial charge on any atom is -0.396 e. The second-order valence-electron chi connectivity index (χ2n) is 6.28. The number of nitrogens with zero attached hydrogens (tertiary/aromatic N) is 1. The van der Waals surface area contributed by atoms with Crippen molar-refractivity contribution >= 4 is 5.69 Å². The van der Waals surface area contributed by atoms with Crippen LogP contribution in [-0.4, -0.2) is 36.4 Å². The van der Waals surface area contributed by atoms with E-state index in [1.807, 2.05) is 0 Å². The third-order valence-electron chi connectivity index (χ3n) is 4.17. The van der Waals surface area contributed by atoms with Crippen LogP contribution >= 0.6 is 0 Å². The summed E-state index contributed by atoms with van der Waals surface area (Å²) in [4.78, 5) is 2.47. The Hall–Kier alpha value is -1.06. The lowest BCUT2D eigenvalue weighted by atomic mass is 9.95. The summed E-state index contributed by atoms with van der Waals surface area (Å²) in [5.74, 6) is 0. The maximum Gasteiger partial charge on any atom is 0.0451 e. The molecule has 1 saturated heterocycles. The number of aliphatic hydroxyl groups is 1. The highest BCUT2D eigenvalue weighted by Crippen LogP contribution is 2.29. The standard InChI is InChI=1S/C16H26N2O/c1-12-6-5-7-15(13(12)2)18-11-16(3,4)17-10-14(18)8-9-19/h5-7,14,17,19H,8-11H2,1-4H3. The van der Waals surface area contributed by atoms with Gasteiger partial charge in [-0.05, 0) is 51.3 Å². The lowest BCUT2D eigenvalue weighted by molar-refractivity contribution is 0.241. The minimum absolute atomic E-state index is 0.113. The molecule has 1 fully saturated rings. The number of piperazine rings is 1. The number of benzene rings is 1. The molecule has 1 heterocycles. The number of aryl methyl sites for hydroxylation is 1. The fourth-order valence-corrected chi connectivity index (χ4v) is 2.85. The molecule has 3 heteroatoms. The molecule has 2 rings (SSSR count). The molecule has 0 bridgehead atoms. The van der Waals surface area contributed by atoms with E-state index < -0.39 is 0 Å². The number of anilines is 1. The van der Waals surface area contributed by atoms with Crippen molar-refractivity contribution in [1.82, 2.24) is 5.32 Å². The third-order valence-corrected chi connectivity index (χ3v) is 4.17. The maximum atomic E-state index is 9.28. The molecule has 1 unspecified atom stereocenters. The van der Waals surface area contributed by atoms with Crippen molar-refractivity contribution in [2.75, 3.05) is 24.6 Å². The smallest absolute Gasteiger partial charge is 0.0451 e. The van der Waals surface area contributed by atoms with E-state index in [4.69, 9.17) is 0 Å².